The molecule has 160 valence electrons. The summed E-state index contributed by atoms with van der Waals surface area (Å²) in [6, 6.07) is 9.64. The van der Waals surface area contributed by atoms with Gasteiger partial charge in [0.25, 0.3) is 5.56 Å². The molecule has 3 aromatic rings. The van der Waals surface area contributed by atoms with Crippen molar-refractivity contribution in [3.63, 3.8) is 0 Å². The van der Waals surface area contributed by atoms with E-state index in [1.165, 1.54) is 0 Å². The highest BCUT2D eigenvalue weighted by molar-refractivity contribution is 5.87. The van der Waals surface area contributed by atoms with Gasteiger partial charge in [0.1, 0.15) is 5.69 Å². The van der Waals surface area contributed by atoms with Crippen molar-refractivity contribution < 1.29 is 4.79 Å². The summed E-state index contributed by atoms with van der Waals surface area (Å²) in [7, 11) is 3.62. The summed E-state index contributed by atoms with van der Waals surface area (Å²) in [5.41, 5.74) is 4.01. The molecule has 0 saturated heterocycles. The first kappa shape index (κ1) is 24.5. The van der Waals surface area contributed by atoms with Gasteiger partial charge in [-0.1, -0.05) is 56.9 Å². The van der Waals surface area contributed by atoms with E-state index in [0.29, 0.717) is 11.4 Å². The van der Waals surface area contributed by atoms with Crippen molar-refractivity contribution in [2.45, 2.75) is 27.7 Å². The van der Waals surface area contributed by atoms with E-state index in [1.807, 2.05) is 88.0 Å². The molecule has 3 rings (SSSR count). The molecule has 2 aromatic heterocycles. The zero-order valence-electron chi connectivity index (χ0n) is 18.7. The number of aromatic nitrogens is 3. The first-order valence-electron chi connectivity index (χ1n) is 9.90. The molecular weight excluding hydrogens is 376 g/mol. The minimum absolute atomic E-state index is 0.0340. The summed E-state index contributed by atoms with van der Waals surface area (Å²) < 4.78 is 3.47. The summed E-state index contributed by atoms with van der Waals surface area (Å²) in [5.74, 6) is 0. The third-order valence-corrected chi connectivity index (χ3v) is 4.40. The van der Waals surface area contributed by atoms with Gasteiger partial charge >= 0.3 is 0 Å². The van der Waals surface area contributed by atoms with Crippen LogP contribution in [0.25, 0.3) is 16.6 Å². The van der Waals surface area contributed by atoms with Crippen molar-refractivity contribution in [1.82, 2.24) is 14.3 Å². The Morgan fingerprint density at radius 3 is 2.40 bits per heavy atom. The summed E-state index contributed by atoms with van der Waals surface area (Å²) in [4.78, 5) is 25.4. The molecule has 6 heteroatoms. The minimum atomic E-state index is -0.0340. The number of hydrogen-bond donors (Lipinski definition) is 2. The van der Waals surface area contributed by atoms with E-state index in [2.05, 4.69) is 16.9 Å². The number of hydrogen-bond acceptors (Lipinski definition) is 3. The molecule has 0 bridgehead atoms. The molecule has 0 fully saturated rings. The molecule has 0 radical (unpaired) electrons. The Morgan fingerprint density at radius 2 is 1.87 bits per heavy atom. The zero-order valence-corrected chi connectivity index (χ0v) is 18.7. The Hall–Kier alpha value is -3.54. The highest BCUT2D eigenvalue weighted by Crippen LogP contribution is 2.13. The Balaban J connectivity index is 0.000000296. The summed E-state index contributed by atoms with van der Waals surface area (Å²) in [6.45, 7) is 11.4. The Kier molecular flexibility index (Phi) is 9.89. The second kappa shape index (κ2) is 12.1. The van der Waals surface area contributed by atoms with Gasteiger partial charge in [0.2, 0.25) is 0 Å². The van der Waals surface area contributed by atoms with Crippen LogP contribution in [0.2, 0.25) is 0 Å². The van der Waals surface area contributed by atoms with Crippen molar-refractivity contribution in [2.75, 3.05) is 12.4 Å². The van der Waals surface area contributed by atoms with Crippen molar-refractivity contribution in [2.24, 2.45) is 7.05 Å². The van der Waals surface area contributed by atoms with Gasteiger partial charge < -0.3 is 10.3 Å². The average Bonchev–Trinajstić information content (AvgIpc) is 3.28. The number of nitrogens with one attached hydrogen (secondary N) is 2. The molecule has 0 amide bonds. The largest absolute Gasteiger partial charge is 0.382 e. The third kappa shape index (κ3) is 5.73. The van der Waals surface area contributed by atoms with Gasteiger partial charge in [-0.15, -0.1) is 0 Å². The zero-order chi connectivity index (χ0) is 22.7. The Morgan fingerprint density at radius 1 is 1.20 bits per heavy atom. The lowest BCUT2D eigenvalue weighted by atomic mass is 10.2. The van der Waals surface area contributed by atoms with Crippen molar-refractivity contribution in [1.29, 1.82) is 0 Å². The molecule has 2 N–H and O–H groups in total. The molecule has 0 aliphatic carbocycles. The number of aromatic amines is 1. The number of allylic oxidation sites excluding steroid dienone is 5. The molecule has 30 heavy (non-hydrogen) atoms. The van der Waals surface area contributed by atoms with Crippen LogP contribution in [-0.4, -0.2) is 27.7 Å². The van der Waals surface area contributed by atoms with Crippen molar-refractivity contribution >= 4 is 28.6 Å². The molecule has 0 unspecified atom stereocenters. The maximum Gasteiger partial charge on any atom is 0.294 e. The highest BCUT2D eigenvalue weighted by atomic mass is 16.1. The van der Waals surface area contributed by atoms with Gasteiger partial charge in [-0.3, -0.25) is 14.3 Å². The van der Waals surface area contributed by atoms with Crippen LogP contribution < -0.4 is 10.9 Å². The average molecular weight is 409 g/mol. The second-order valence-electron chi connectivity index (χ2n) is 6.21. The Bertz CT molecular complexity index is 1060. The van der Waals surface area contributed by atoms with E-state index in [9.17, 15) is 9.59 Å². The molecule has 0 spiro atoms. The number of H-pyrrole nitrogens is 1. The van der Waals surface area contributed by atoms with Crippen LogP contribution in [0.5, 0.6) is 0 Å². The SMILES string of the molecule is C=C/C=C\C=C(/C)n1c(=O)c(NC)c(C)n1C.CC.O=Cc1cc2ccccc2[nH]1. The van der Waals surface area contributed by atoms with Crippen LogP contribution in [0.15, 0.2) is 66.0 Å². The molecular formula is C24H32N4O2. The van der Waals surface area contributed by atoms with E-state index >= 15 is 0 Å². The molecule has 0 aliphatic rings. The van der Waals surface area contributed by atoms with Crippen LogP contribution >= 0.6 is 0 Å². The summed E-state index contributed by atoms with van der Waals surface area (Å²) >= 11 is 0. The molecule has 0 saturated carbocycles. The number of rotatable bonds is 5. The standard InChI is InChI=1S/C13H19N3O.C9H7NO.C2H6/c1-6-7-8-9-10(2)16-13(17)12(14-4)11(3)15(16)5;11-6-8-5-7-3-1-2-4-9(7)10-8;1-2/h6-9,14H,1H2,2-5H3;1-6,10H;1-2H3/b8-7-,10-9+;;. The number of aldehydes is 1. The topological polar surface area (TPSA) is 71.8 Å². The van der Waals surface area contributed by atoms with E-state index in [1.54, 1.807) is 17.8 Å². The number of anilines is 1. The molecule has 2 heterocycles. The fraction of sp³-hybridized carbons (Fsp3) is 0.250. The maximum absolute atomic E-state index is 12.1. The first-order chi connectivity index (χ1) is 14.4. The number of nitrogens with zero attached hydrogens (tertiary/aromatic N) is 2. The fourth-order valence-corrected chi connectivity index (χ4v) is 2.90. The van der Waals surface area contributed by atoms with Crippen LogP contribution in [0.1, 0.15) is 37.0 Å². The highest BCUT2D eigenvalue weighted by Gasteiger charge is 2.13. The molecule has 6 nitrogen and oxygen atoms in total. The fourth-order valence-electron chi connectivity index (χ4n) is 2.90. The number of fused-ring (bicyclic) bond motifs is 1. The van der Waals surface area contributed by atoms with E-state index in [-0.39, 0.29) is 5.56 Å². The lowest BCUT2D eigenvalue weighted by Gasteiger charge is -2.07. The van der Waals surface area contributed by atoms with E-state index in [0.717, 1.165) is 28.6 Å². The van der Waals surface area contributed by atoms with Crippen LogP contribution in [-0.2, 0) is 7.05 Å². The quantitative estimate of drug-likeness (QED) is 0.453. The van der Waals surface area contributed by atoms with Crippen LogP contribution in [0, 0.1) is 6.92 Å². The monoisotopic (exact) mass is 408 g/mol. The number of benzene rings is 1. The second-order valence-corrected chi connectivity index (χ2v) is 6.21. The minimum Gasteiger partial charge on any atom is -0.382 e. The number of carbonyl (C=O) groups is 1. The van der Waals surface area contributed by atoms with Gasteiger partial charge in [-0.05, 0) is 32.1 Å². The lowest BCUT2D eigenvalue weighted by molar-refractivity contribution is 0.112. The van der Waals surface area contributed by atoms with Gasteiger partial charge in [0.05, 0.1) is 11.4 Å². The van der Waals surface area contributed by atoms with Crippen molar-refractivity contribution in [3.8, 4) is 0 Å². The van der Waals surface area contributed by atoms with Crippen LogP contribution in [0.3, 0.4) is 0 Å². The van der Waals surface area contributed by atoms with Crippen LogP contribution in [0.4, 0.5) is 5.69 Å². The summed E-state index contributed by atoms with van der Waals surface area (Å²) in [5, 5.41) is 4.01. The predicted octanol–water partition coefficient (Wildman–Crippen LogP) is 5.15. The Labute approximate surface area is 178 Å². The molecule has 0 atom stereocenters. The number of carbonyl (C=O) groups excluding carboxylic acids is 1. The third-order valence-electron chi connectivity index (χ3n) is 4.40. The first-order valence-corrected chi connectivity index (χ1v) is 9.90. The number of para-hydroxylation sites is 1. The van der Waals surface area contributed by atoms with Gasteiger partial charge in [0, 0.05) is 30.7 Å². The summed E-state index contributed by atoms with van der Waals surface area (Å²) in [6.07, 6.45) is 8.07. The van der Waals surface area contributed by atoms with Gasteiger partial charge in [0.15, 0.2) is 6.29 Å². The van der Waals surface area contributed by atoms with Gasteiger partial charge in [-0.25, -0.2) is 4.68 Å². The lowest BCUT2D eigenvalue weighted by Crippen LogP contribution is -2.20. The normalized spacial score (nSPS) is 10.8. The molecule has 0 aliphatic heterocycles. The van der Waals surface area contributed by atoms with E-state index < -0.39 is 0 Å². The van der Waals surface area contributed by atoms with Crippen molar-refractivity contribution in [3.05, 3.63) is 83.0 Å². The predicted molar refractivity (Wildman–Crippen MR) is 128 cm³/mol. The van der Waals surface area contributed by atoms with Gasteiger partial charge in [-0.2, -0.15) is 0 Å². The smallest absolute Gasteiger partial charge is 0.294 e. The van der Waals surface area contributed by atoms with E-state index in [4.69, 9.17) is 0 Å². The maximum atomic E-state index is 12.1. The molecule has 1 aromatic carbocycles.